The van der Waals surface area contributed by atoms with Crippen LogP contribution in [0, 0.1) is 20.8 Å². The summed E-state index contributed by atoms with van der Waals surface area (Å²) in [4.78, 5) is 29.4. The third-order valence-corrected chi connectivity index (χ3v) is 5.38. The Morgan fingerprint density at radius 3 is 2.46 bits per heavy atom. The van der Waals surface area contributed by atoms with Gasteiger partial charge in [-0.2, -0.15) is 0 Å². The zero-order chi connectivity index (χ0) is 19.2. The van der Waals surface area contributed by atoms with Gasteiger partial charge in [0.2, 0.25) is 0 Å². The van der Waals surface area contributed by atoms with Gasteiger partial charge >= 0.3 is 6.03 Å². The van der Waals surface area contributed by atoms with Crippen molar-refractivity contribution in [3.63, 3.8) is 0 Å². The lowest BCUT2D eigenvalue weighted by Gasteiger charge is -2.33. The van der Waals surface area contributed by atoms with Crippen LogP contribution < -0.4 is 5.32 Å². The highest BCUT2D eigenvalue weighted by Gasteiger charge is 2.44. The topological polar surface area (TPSA) is 52.7 Å². The summed E-state index contributed by atoms with van der Waals surface area (Å²) in [6.07, 6.45) is 1.69. The second kappa shape index (κ2) is 6.63. The van der Waals surface area contributed by atoms with Crippen LogP contribution in [0.15, 0.2) is 36.1 Å². The summed E-state index contributed by atoms with van der Waals surface area (Å²) in [5.41, 5.74) is 5.92. The molecule has 26 heavy (non-hydrogen) atoms. The molecule has 3 rings (SSSR count). The third-order valence-electron chi connectivity index (χ3n) is 5.38. The lowest BCUT2D eigenvalue weighted by molar-refractivity contribution is -0.127. The fraction of sp³-hybridized carbons (Fsp3) is 0.429. The number of amides is 3. The molecule has 5 heteroatoms. The number of urea groups is 1. The van der Waals surface area contributed by atoms with Crippen molar-refractivity contribution >= 4 is 11.9 Å². The molecule has 1 aromatic carbocycles. The van der Waals surface area contributed by atoms with E-state index in [-0.39, 0.29) is 18.0 Å². The maximum Gasteiger partial charge on any atom is 0.322 e. The van der Waals surface area contributed by atoms with Gasteiger partial charge in [0.1, 0.15) is 0 Å². The normalized spacial score (nSPS) is 20.0. The lowest BCUT2D eigenvalue weighted by Crippen LogP contribution is -2.47. The SMILES string of the molecule is C=CCN1C(=O)N[C@@H](c2cc(C)c(C)cc2C)C2=C1CN(C(C)C)C2=O. The molecule has 0 fully saturated rings. The molecular formula is C21H27N3O2. The van der Waals surface area contributed by atoms with Crippen molar-refractivity contribution < 1.29 is 9.59 Å². The van der Waals surface area contributed by atoms with Gasteiger partial charge in [0.15, 0.2) is 0 Å². The minimum absolute atomic E-state index is 0.00619. The summed E-state index contributed by atoms with van der Waals surface area (Å²) in [6, 6.07) is 3.70. The van der Waals surface area contributed by atoms with Gasteiger partial charge in [-0.25, -0.2) is 4.79 Å². The number of aryl methyl sites for hydroxylation is 3. The van der Waals surface area contributed by atoms with Crippen molar-refractivity contribution in [2.24, 2.45) is 0 Å². The lowest BCUT2D eigenvalue weighted by atomic mass is 9.90. The quantitative estimate of drug-likeness (QED) is 0.844. The molecule has 0 radical (unpaired) electrons. The second-order valence-corrected chi connectivity index (χ2v) is 7.46. The number of rotatable bonds is 4. The van der Waals surface area contributed by atoms with E-state index in [1.807, 2.05) is 25.7 Å². The van der Waals surface area contributed by atoms with Gasteiger partial charge < -0.3 is 10.2 Å². The molecular weight excluding hydrogens is 326 g/mol. The van der Waals surface area contributed by atoms with E-state index in [2.05, 4.69) is 37.9 Å². The molecule has 1 aromatic rings. The Balaban J connectivity index is 2.15. The Labute approximate surface area is 155 Å². The van der Waals surface area contributed by atoms with Crippen LogP contribution in [-0.4, -0.2) is 40.9 Å². The Kier molecular flexibility index (Phi) is 4.65. The molecule has 0 saturated carbocycles. The van der Waals surface area contributed by atoms with Gasteiger partial charge in [-0.3, -0.25) is 9.69 Å². The van der Waals surface area contributed by atoms with Crippen molar-refractivity contribution in [2.45, 2.75) is 46.7 Å². The summed E-state index contributed by atoms with van der Waals surface area (Å²) >= 11 is 0. The molecule has 0 aromatic heterocycles. The first kappa shape index (κ1) is 18.2. The summed E-state index contributed by atoms with van der Waals surface area (Å²) < 4.78 is 0. The zero-order valence-corrected chi connectivity index (χ0v) is 16.2. The number of nitrogens with zero attached hydrogens (tertiary/aromatic N) is 2. The predicted molar refractivity (Wildman–Crippen MR) is 103 cm³/mol. The molecule has 2 aliphatic rings. The van der Waals surface area contributed by atoms with Crippen molar-refractivity contribution in [3.05, 3.63) is 58.3 Å². The van der Waals surface area contributed by atoms with Crippen molar-refractivity contribution in [1.82, 2.24) is 15.1 Å². The molecule has 2 heterocycles. The largest absolute Gasteiger partial charge is 0.331 e. The first-order chi connectivity index (χ1) is 12.3. The van der Waals surface area contributed by atoms with Gasteiger partial charge in [0, 0.05) is 12.6 Å². The summed E-state index contributed by atoms with van der Waals surface area (Å²) in [6.45, 7) is 14.8. The number of carbonyl (C=O) groups is 2. The Hall–Kier alpha value is -2.56. The third kappa shape index (κ3) is 2.81. The van der Waals surface area contributed by atoms with Crippen LogP contribution in [0.5, 0.6) is 0 Å². The van der Waals surface area contributed by atoms with Crippen LogP contribution in [0.25, 0.3) is 0 Å². The van der Waals surface area contributed by atoms with Gasteiger partial charge in [-0.1, -0.05) is 18.2 Å². The van der Waals surface area contributed by atoms with E-state index in [4.69, 9.17) is 0 Å². The van der Waals surface area contributed by atoms with Crippen LogP contribution in [0.2, 0.25) is 0 Å². The number of carbonyl (C=O) groups excluding carboxylic acids is 2. The van der Waals surface area contributed by atoms with E-state index in [1.54, 1.807) is 11.0 Å². The Morgan fingerprint density at radius 1 is 1.19 bits per heavy atom. The summed E-state index contributed by atoms with van der Waals surface area (Å²) in [7, 11) is 0. The van der Waals surface area contributed by atoms with Gasteiger partial charge in [0.05, 0.1) is 23.9 Å². The van der Waals surface area contributed by atoms with E-state index in [0.29, 0.717) is 18.7 Å². The van der Waals surface area contributed by atoms with E-state index in [9.17, 15) is 9.59 Å². The van der Waals surface area contributed by atoms with Crippen molar-refractivity contribution in [2.75, 3.05) is 13.1 Å². The highest BCUT2D eigenvalue weighted by atomic mass is 16.2. The van der Waals surface area contributed by atoms with Gasteiger partial charge in [-0.15, -0.1) is 6.58 Å². The molecule has 0 unspecified atom stereocenters. The van der Waals surface area contributed by atoms with Gasteiger partial charge in [0.25, 0.3) is 5.91 Å². The highest BCUT2D eigenvalue weighted by molar-refractivity contribution is 6.01. The molecule has 2 aliphatic heterocycles. The number of hydrogen-bond acceptors (Lipinski definition) is 2. The predicted octanol–water partition coefficient (Wildman–Crippen LogP) is 3.37. The molecule has 1 atom stereocenters. The van der Waals surface area contributed by atoms with E-state index in [0.717, 1.165) is 22.4 Å². The summed E-state index contributed by atoms with van der Waals surface area (Å²) in [5, 5.41) is 3.05. The maximum atomic E-state index is 13.1. The van der Waals surface area contributed by atoms with Crippen LogP contribution >= 0.6 is 0 Å². The number of hydrogen-bond donors (Lipinski definition) is 1. The second-order valence-electron chi connectivity index (χ2n) is 7.46. The monoisotopic (exact) mass is 353 g/mol. The summed E-state index contributed by atoms with van der Waals surface area (Å²) in [5.74, 6) is 0.00619. The standard InChI is InChI=1S/C21H27N3O2/c1-7-8-23-17-11-24(12(2)3)20(25)18(17)19(22-21(23)26)16-10-14(5)13(4)9-15(16)6/h7,9-10,12,19H,1,8,11H2,2-6H3,(H,22,26)/t19-/m0/s1. The minimum Gasteiger partial charge on any atom is -0.331 e. The molecule has 5 nitrogen and oxygen atoms in total. The number of benzene rings is 1. The average molecular weight is 353 g/mol. The Bertz CT molecular complexity index is 823. The van der Waals surface area contributed by atoms with Crippen LogP contribution in [-0.2, 0) is 4.79 Å². The first-order valence-electron chi connectivity index (χ1n) is 9.07. The van der Waals surface area contributed by atoms with E-state index >= 15 is 0 Å². The zero-order valence-electron chi connectivity index (χ0n) is 16.2. The molecule has 0 spiro atoms. The fourth-order valence-electron chi connectivity index (χ4n) is 3.78. The Morgan fingerprint density at radius 2 is 1.85 bits per heavy atom. The molecule has 0 aliphatic carbocycles. The average Bonchev–Trinajstić information content (AvgIpc) is 2.91. The van der Waals surface area contributed by atoms with Crippen molar-refractivity contribution in [1.29, 1.82) is 0 Å². The molecule has 1 N–H and O–H groups in total. The van der Waals surface area contributed by atoms with Crippen LogP contribution in [0.3, 0.4) is 0 Å². The van der Waals surface area contributed by atoms with E-state index < -0.39 is 6.04 Å². The van der Waals surface area contributed by atoms with Crippen LogP contribution in [0.1, 0.15) is 42.1 Å². The molecule has 0 saturated heterocycles. The molecule has 0 bridgehead atoms. The maximum absolute atomic E-state index is 13.1. The number of nitrogens with one attached hydrogen (secondary N) is 1. The van der Waals surface area contributed by atoms with Crippen molar-refractivity contribution in [3.8, 4) is 0 Å². The highest BCUT2D eigenvalue weighted by Crippen LogP contribution is 2.38. The van der Waals surface area contributed by atoms with E-state index in [1.165, 1.54) is 5.56 Å². The molecule has 3 amide bonds. The smallest absolute Gasteiger partial charge is 0.322 e. The molecule has 138 valence electrons. The fourth-order valence-corrected chi connectivity index (χ4v) is 3.78. The minimum atomic E-state index is -0.408. The van der Waals surface area contributed by atoms with Crippen LogP contribution in [0.4, 0.5) is 4.79 Å². The van der Waals surface area contributed by atoms with Gasteiger partial charge in [-0.05, 0) is 56.9 Å². The first-order valence-corrected chi connectivity index (χ1v) is 9.07.